The van der Waals surface area contributed by atoms with E-state index in [2.05, 4.69) is 19.9 Å². The van der Waals surface area contributed by atoms with Crippen LogP contribution in [0.1, 0.15) is 47.1 Å². The van der Waals surface area contributed by atoms with Crippen LogP contribution in [-0.4, -0.2) is 30.5 Å². The molecule has 2 unspecified atom stereocenters. The van der Waals surface area contributed by atoms with E-state index in [4.69, 9.17) is 9.47 Å². The first-order valence-corrected chi connectivity index (χ1v) is 8.38. The molecule has 2 aliphatic rings. The summed E-state index contributed by atoms with van der Waals surface area (Å²) in [6.45, 7) is 6.59. The van der Waals surface area contributed by atoms with Crippen LogP contribution in [0, 0.1) is 19.8 Å². The van der Waals surface area contributed by atoms with Crippen molar-refractivity contribution in [3.05, 3.63) is 21.4 Å². The fourth-order valence-corrected chi connectivity index (χ4v) is 4.53. The number of aliphatic hydroxyl groups is 1. The van der Waals surface area contributed by atoms with Crippen LogP contribution in [0.2, 0.25) is 0 Å². The first-order chi connectivity index (χ1) is 9.60. The number of aliphatic hydroxyl groups excluding tert-OH is 1. The van der Waals surface area contributed by atoms with Gasteiger partial charge >= 0.3 is 0 Å². The fourth-order valence-electron chi connectivity index (χ4n) is 3.41. The number of hydrogen-bond acceptors (Lipinski definition) is 4. The third-order valence-electron chi connectivity index (χ3n) is 4.86. The summed E-state index contributed by atoms with van der Waals surface area (Å²) in [7, 11) is 0. The average Bonchev–Trinajstić information content (AvgIpc) is 2.79. The summed E-state index contributed by atoms with van der Waals surface area (Å²) in [6, 6.07) is 2.15. The van der Waals surface area contributed by atoms with Gasteiger partial charge in [-0.3, -0.25) is 0 Å². The van der Waals surface area contributed by atoms with Gasteiger partial charge in [0.2, 0.25) is 0 Å². The highest BCUT2D eigenvalue weighted by atomic mass is 32.1. The van der Waals surface area contributed by atoms with Crippen LogP contribution in [0.4, 0.5) is 0 Å². The molecule has 1 aromatic rings. The van der Waals surface area contributed by atoms with Crippen molar-refractivity contribution in [1.82, 2.24) is 0 Å². The summed E-state index contributed by atoms with van der Waals surface area (Å²) in [6.07, 6.45) is 3.53. The Morgan fingerprint density at radius 1 is 1.30 bits per heavy atom. The molecular weight excluding hydrogens is 272 g/mol. The van der Waals surface area contributed by atoms with Gasteiger partial charge in [0.1, 0.15) is 0 Å². The average molecular weight is 296 g/mol. The van der Waals surface area contributed by atoms with E-state index >= 15 is 0 Å². The van der Waals surface area contributed by atoms with E-state index in [-0.39, 0.29) is 11.7 Å². The van der Waals surface area contributed by atoms with Gasteiger partial charge in [0, 0.05) is 29.6 Å². The fraction of sp³-hybridized carbons (Fsp3) is 0.750. The van der Waals surface area contributed by atoms with Gasteiger partial charge in [-0.1, -0.05) is 0 Å². The van der Waals surface area contributed by atoms with Crippen molar-refractivity contribution in [2.24, 2.45) is 5.92 Å². The summed E-state index contributed by atoms with van der Waals surface area (Å²) < 4.78 is 11.5. The van der Waals surface area contributed by atoms with Gasteiger partial charge in [0.15, 0.2) is 0 Å². The molecule has 1 N–H and O–H groups in total. The van der Waals surface area contributed by atoms with Gasteiger partial charge in [-0.15, -0.1) is 11.3 Å². The molecule has 2 fully saturated rings. The summed E-state index contributed by atoms with van der Waals surface area (Å²) >= 11 is 1.74. The molecule has 0 radical (unpaired) electrons. The number of hydrogen-bond donors (Lipinski definition) is 1. The molecule has 0 saturated carbocycles. The molecule has 112 valence electrons. The lowest BCUT2D eigenvalue weighted by atomic mass is 9.78. The Kier molecular flexibility index (Phi) is 4.18. The topological polar surface area (TPSA) is 38.7 Å². The Hall–Kier alpha value is -0.420. The zero-order valence-corrected chi connectivity index (χ0v) is 13.2. The highest BCUT2D eigenvalue weighted by molar-refractivity contribution is 7.12. The van der Waals surface area contributed by atoms with Crippen LogP contribution in [0.3, 0.4) is 0 Å². The van der Waals surface area contributed by atoms with E-state index < -0.39 is 0 Å². The molecule has 4 heteroatoms. The van der Waals surface area contributed by atoms with Gasteiger partial charge in [-0.25, -0.2) is 0 Å². The number of thiophene rings is 1. The molecule has 2 atom stereocenters. The third kappa shape index (κ3) is 2.80. The second-order valence-corrected chi connectivity index (χ2v) is 7.52. The Morgan fingerprint density at radius 3 is 2.70 bits per heavy atom. The molecule has 0 aliphatic carbocycles. The van der Waals surface area contributed by atoms with Gasteiger partial charge in [-0.05, 0) is 57.1 Å². The standard InChI is InChI=1S/C16H24O3S/c1-11-9-14(20-12(11)2)15(17)13-3-6-19-16(10-13)4-7-18-8-5-16/h9,13,15,17H,3-8,10H2,1-2H3. The molecule has 0 amide bonds. The van der Waals surface area contributed by atoms with Gasteiger partial charge in [-0.2, -0.15) is 0 Å². The first-order valence-electron chi connectivity index (χ1n) is 7.56. The Bertz CT molecular complexity index is 437. The van der Waals surface area contributed by atoms with E-state index in [0.717, 1.165) is 50.4 Å². The minimum Gasteiger partial charge on any atom is -0.387 e. The van der Waals surface area contributed by atoms with Gasteiger partial charge in [0.05, 0.1) is 11.7 Å². The van der Waals surface area contributed by atoms with Gasteiger partial charge < -0.3 is 14.6 Å². The molecule has 1 aromatic heterocycles. The van der Waals surface area contributed by atoms with E-state index in [1.807, 2.05) is 0 Å². The predicted molar refractivity (Wildman–Crippen MR) is 80.2 cm³/mol. The van der Waals surface area contributed by atoms with Crippen molar-refractivity contribution in [2.45, 2.75) is 51.2 Å². The highest BCUT2D eigenvalue weighted by Crippen LogP contribution is 2.43. The molecule has 1 spiro atoms. The van der Waals surface area contributed by atoms with Crippen LogP contribution in [-0.2, 0) is 9.47 Å². The van der Waals surface area contributed by atoms with Crippen LogP contribution >= 0.6 is 11.3 Å². The zero-order chi connectivity index (χ0) is 14.2. The van der Waals surface area contributed by atoms with Crippen molar-refractivity contribution < 1.29 is 14.6 Å². The Balaban J connectivity index is 1.72. The number of aryl methyl sites for hydroxylation is 2. The number of ether oxygens (including phenoxy) is 2. The second-order valence-electron chi connectivity index (χ2n) is 6.23. The van der Waals surface area contributed by atoms with Crippen molar-refractivity contribution >= 4 is 11.3 Å². The predicted octanol–water partition coefficient (Wildman–Crippen LogP) is 3.37. The lowest BCUT2D eigenvalue weighted by Crippen LogP contribution is -2.45. The minimum absolute atomic E-state index is 0.0382. The van der Waals surface area contributed by atoms with E-state index in [0.29, 0.717) is 5.92 Å². The van der Waals surface area contributed by atoms with Crippen molar-refractivity contribution in [2.75, 3.05) is 19.8 Å². The largest absolute Gasteiger partial charge is 0.387 e. The van der Waals surface area contributed by atoms with Crippen molar-refractivity contribution in [1.29, 1.82) is 0 Å². The smallest absolute Gasteiger partial charge is 0.0912 e. The summed E-state index contributed by atoms with van der Waals surface area (Å²) in [4.78, 5) is 2.43. The summed E-state index contributed by atoms with van der Waals surface area (Å²) in [5.41, 5.74) is 1.25. The summed E-state index contributed by atoms with van der Waals surface area (Å²) in [5.74, 6) is 0.319. The molecule has 2 saturated heterocycles. The Morgan fingerprint density at radius 2 is 2.05 bits per heavy atom. The zero-order valence-electron chi connectivity index (χ0n) is 12.4. The van der Waals surface area contributed by atoms with E-state index in [1.54, 1.807) is 11.3 Å². The van der Waals surface area contributed by atoms with Crippen molar-refractivity contribution in [3.63, 3.8) is 0 Å². The lowest BCUT2D eigenvalue weighted by Gasteiger charge is -2.44. The first kappa shape index (κ1) is 14.5. The quantitative estimate of drug-likeness (QED) is 0.909. The maximum absolute atomic E-state index is 10.7. The van der Waals surface area contributed by atoms with Crippen LogP contribution in [0.5, 0.6) is 0 Å². The number of rotatable bonds is 2. The molecule has 0 bridgehead atoms. The van der Waals surface area contributed by atoms with Crippen molar-refractivity contribution in [3.8, 4) is 0 Å². The maximum Gasteiger partial charge on any atom is 0.0912 e. The van der Waals surface area contributed by atoms with Gasteiger partial charge in [0.25, 0.3) is 0 Å². The molecule has 3 nitrogen and oxygen atoms in total. The molecule has 3 heterocycles. The van der Waals surface area contributed by atoms with Crippen LogP contribution in [0.25, 0.3) is 0 Å². The highest BCUT2D eigenvalue weighted by Gasteiger charge is 2.41. The van der Waals surface area contributed by atoms with Crippen LogP contribution in [0.15, 0.2) is 6.07 Å². The third-order valence-corrected chi connectivity index (χ3v) is 6.08. The maximum atomic E-state index is 10.7. The van der Waals surface area contributed by atoms with E-state index in [1.165, 1.54) is 10.4 Å². The minimum atomic E-state index is -0.337. The normalized spacial score (nSPS) is 27.6. The summed E-state index contributed by atoms with van der Waals surface area (Å²) in [5, 5.41) is 10.7. The monoisotopic (exact) mass is 296 g/mol. The lowest BCUT2D eigenvalue weighted by molar-refractivity contribution is -0.158. The second kappa shape index (κ2) is 5.76. The molecule has 3 rings (SSSR count). The molecular formula is C16H24O3S. The molecule has 0 aromatic carbocycles. The van der Waals surface area contributed by atoms with E-state index in [9.17, 15) is 5.11 Å². The Labute approximate surface area is 124 Å². The van der Waals surface area contributed by atoms with Crippen LogP contribution < -0.4 is 0 Å². The SMILES string of the molecule is Cc1cc(C(O)C2CCOC3(CCOCC3)C2)sc1C. The molecule has 2 aliphatic heterocycles. The molecule has 20 heavy (non-hydrogen) atoms.